The van der Waals surface area contributed by atoms with E-state index in [1.54, 1.807) is 0 Å². The molecule has 1 atom stereocenters. The van der Waals surface area contributed by atoms with Crippen LogP contribution in [0.2, 0.25) is 0 Å². The smallest absolute Gasteiger partial charge is 0.189 e. The van der Waals surface area contributed by atoms with Gasteiger partial charge in [-0.1, -0.05) is 84.4 Å². The van der Waals surface area contributed by atoms with Crippen LogP contribution < -0.4 is 0 Å². The second-order valence-corrected chi connectivity index (χ2v) is 6.68. The maximum absolute atomic E-state index is 13.4. The molecule has 4 rings (SSSR count). The van der Waals surface area contributed by atoms with Crippen LogP contribution in [0.25, 0.3) is 0 Å². The summed E-state index contributed by atoms with van der Waals surface area (Å²) in [6.07, 6.45) is 0. The summed E-state index contributed by atoms with van der Waals surface area (Å²) in [6, 6.07) is 24.8. The number of carbonyl (C=O) groups excluding carboxylic acids is 1. The van der Waals surface area contributed by atoms with Crippen LogP contribution in [-0.4, -0.2) is 16.5 Å². The molecule has 3 nitrogen and oxygen atoms in total. The molecule has 1 aliphatic heterocycles. The Balaban J connectivity index is 1.77. The Hall–Kier alpha value is -3.20. The lowest BCUT2D eigenvalue weighted by Gasteiger charge is -2.29. The monoisotopic (exact) mass is 340 g/mol. The molecule has 1 aliphatic rings. The average Bonchev–Trinajstić information content (AvgIpc) is 3.00. The summed E-state index contributed by atoms with van der Waals surface area (Å²) in [5.41, 5.74) is 4.71. The van der Waals surface area contributed by atoms with E-state index in [1.807, 2.05) is 90.7 Å². The molecule has 0 spiro atoms. The zero-order valence-corrected chi connectivity index (χ0v) is 14.6. The molecule has 0 saturated heterocycles. The molecule has 3 heteroatoms. The van der Waals surface area contributed by atoms with Gasteiger partial charge >= 0.3 is 0 Å². The number of aryl methyl sites for hydroxylation is 1. The number of nitrogens with zero attached hydrogens (tertiary/aromatic N) is 1. The molecule has 0 aromatic heterocycles. The Kier molecular flexibility index (Phi) is 4.13. The Labute approximate surface area is 153 Å². The summed E-state index contributed by atoms with van der Waals surface area (Å²) in [7, 11) is 0. The van der Waals surface area contributed by atoms with Gasteiger partial charge in [-0.25, -0.2) is 0 Å². The van der Waals surface area contributed by atoms with Crippen molar-refractivity contribution in [3.63, 3.8) is 0 Å². The van der Waals surface area contributed by atoms with E-state index in [4.69, 9.17) is 5.41 Å². The Bertz CT molecular complexity index is 961. The van der Waals surface area contributed by atoms with E-state index in [0.717, 1.165) is 22.3 Å². The summed E-state index contributed by atoms with van der Waals surface area (Å²) in [4.78, 5) is 15.3. The molecule has 0 unspecified atom stereocenters. The van der Waals surface area contributed by atoms with Crippen molar-refractivity contribution in [1.29, 1.82) is 5.41 Å². The first kappa shape index (κ1) is 16.3. The number of ketones is 1. The first-order valence-electron chi connectivity index (χ1n) is 8.74. The van der Waals surface area contributed by atoms with Crippen molar-refractivity contribution < 1.29 is 4.79 Å². The fourth-order valence-corrected chi connectivity index (χ4v) is 3.51. The third kappa shape index (κ3) is 2.82. The van der Waals surface area contributed by atoms with E-state index in [-0.39, 0.29) is 5.78 Å². The highest BCUT2D eigenvalue weighted by Crippen LogP contribution is 2.33. The number of rotatable bonds is 4. The van der Waals surface area contributed by atoms with Crippen molar-refractivity contribution in [2.24, 2.45) is 0 Å². The van der Waals surface area contributed by atoms with Gasteiger partial charge in [0.25, 0.3) is 0 Å². The summed E-state index contributed by atoms with van der Waals surface area (Å²) in [5.74, 6) is 0.434. The summed E-state index contributed by atoms with van der Waals surface area (Å²) >= 11 is 0. The zero-order chi connectivity index (χ0) is 18.1. The normalized spacial score (nSPS) is 14.2. The lowest BCUT2D eigenvalue weighted by Crippen LogP contribution is -2.34. The number of Topliss-reactive ketones (excluding diaryl/α,β-unsaturated/α-hetero) is 1. The summed E-state index contributed by atoms with van der Waals surface area (Å²) in [6.45, 7) is 2.59. The third-order valence-corrected chi connectivity index (χ3v) is 4.91. The fraction of sp³-hybridized carbons (Fsp3) is 0.130. The highest BCUT2D eigenvalue weighted by molar-refractivity contribution is 6.07. The second kappa shape index (κ2) is 6.60. The van der Waals surface area contributed by atoms with Crippen LogP contribution in [0.5, 0.6) is 0 Å². The van der Waals surface area contributed by atoms with Gasteiger partial charge in [0, 0.05) is 17.7 Å². The number of benzene rings is 3. The number of fused-ring (bicyclic) bond motifs is 1. The Morgan fingerprint density at radius 2 is 1.58 bits per heavy atom. The minimum atomic E-state index is -0.501. The van der Waals surface area contributed by atoms with Crippen molar-refractivity contribution in [3.8, 4) is 0 Å². The van der Waals surface area contributed by atoms with Crippen LogP contribution in [-0.2, 0) is 6.54 Å². The number of hydrogen-bond donors (Lipinski definition) is 1. The van der Waals surface area contributed by atoms with E-state index in [1.165, 1.54) is 0 Å². The topological polar surface area (TPSA) is 44.2 Å². The molecule has 0 saturated carbocycles. The van der Waals surface area contributed by atoms with Crippen LogP contribution in [0, 0.1) is 12.3 Å². The van der Waals surface area contributed by atoms with Crippen molar-refractivity contribution in [2.75, 3.05) is 0 Å². The summed E-state index contributed by atoms with van der Waals surface area (Å²) < 4.78 is 0. The van der Waals surface area contributed by atoms with Crippen LogP contribution in [0.15, 0.2) is 78.9 Å². The first-order chi connectivity index (χ1) is 12.6. The van der Waals surface area contributed by atoms with E-state index >= 15 is 0 Å². The van der Waals surface area contributed by atoms with Crippen LogP contribution in [0.3, 0.4) is 0 Å². The van der Waals surface area contributed by atoms with Gasteiger partial charge in [-0.15, -0.1) is 0 Å². The number of carbonyl (C=O) groups is 1. The van der Waals surface area contributed by atoms with Gasteiger partial charge in [-0.3, -0.25) is 10.2 Å². The van der Waals surface area contributed by atoms with Gasteiger partial charge in [-0.05, 0) is 18.1 Å². The Morgan fingerprint density at radius 3 is 2.27 bits per heavy atom. The van der Waals surface area contributed by atoms with Gasteiger partial charge in [0.1, 0.15) is 11.9 Å². The van der Waals surface area contributed by atoms with Gasteiger partial charge in [0.15, 0.2) is 5.78 Å². The molecule has 3 aromatic rings. The molecule has 0 fully saturated rings. The predicted molar refractivity (Wildman–Crippen MR) is 104 cm³/mol. The molecule has 3 aromatic carbocycles. The number of amidine groups is 1. The van der Waals surface area contributed by atoms with Crippen molar-refractivity contribution in [3.05, 3.63) is 107 Å². The molecule has 0 aliphatic carbocycles. The molecule has 128 valence electrons. The average molecular weight is 340 g/mol. The highest BCUT2D eigenvalue weighted by Gasteiger charge is 2.35. The lowest BCUT2D eigenvalue weighted by atomic mass is 9.95. The second-order valence-electron chi connectivity index (χ2n) is 6.68. The van der Waals surface area contributed by atoms with Gasteiger partial charge in [0.05, 0.1) is 0 Å². The maximum atomic E-state index is 13.4. The number of hydrogen-bond acceptors (Lipinski definition) is 2. The van der Waals surface area contributed by atoms with Gasteiger partial charge in [-0.2, -0.15) is 0 Å². The van der Waals surface area contributed by atoms with Gasteiger partial charge < -0.3 is 4.90 Å². The van der Waals surface area contributed by atoms with E-state index in [0.29, 0.717) is 17.9 Å². The third-order valence-electron chi connectivity index (χ3n) is 4.91. The molecule has 0 amide bonds. The fourth-order valence-electron chi connectivity index (χ4n) is 3.51. The maximum Gasteiger partial charge on any atom is 0.189 e. The first-order valence-corrected chi connectivity index (χ1v) is 8.74. The molecule has 1 N–H and O–H groups in total. The van der Waals surface area contributed by atoms with Crippen molar-refractivity contribution in [2.45, 2.75) is 19.5 Å². The van der Waals surface area contributed by atoms with Crippen LogP contribution in [0.1, 0.15) is 38.7 Å². The lowest BCUT2D eigenvalue weighted by molar-refractivity contribution is 0.0886. The van der Waals surface area contributed by atoms with E-state index in [2.05, 4.69) is 0 Å². The Morgan fingerprint density at radius 1 is 0.923 bits per heavy atom. The van der Waals surface area contributed by atoms with E-state index in [9.17, 15) is 4.79 Å². The van der Waals surface area contributed by atoms with Crippen LogP contribution in [0.4, 0.5) is 0 Å². The molecule has 0 bridgehead atoms. The molecule has 0 radical (unpaired) electrons. The summed E-state index contributed by atoms with van der Waals surface area (Å²) in [5, 5.41) is 8.63. The zero-order valence-electron chi connectivity index (χ0n) is 14.6. The quantitative estimate of drug-likeness (QED) is 0.696. The van der Waals surface area contributed by atoms with E-state index < -0.39 is 6.04 Å². The highest BCUT2D eigenvalue weighted by atomic mass is 16.1. The minimum Gasteiger partial charge on any atom is -0.338 e. The van der Waals surface area contributed by atoms with Crippen molar-refractivity contribution >= 4 is 11.6 Å². The minimum absolute atomic E-state index is 0.0220. The predicted octanol–water partition coefficient (Wildman–Crippen LogP) is 4.76. The van der Waals surface area contributed by atoms with Crippen molar-refractivity contribution in [1.82, 2.24) is 4.90 Å². The molecule has 1 heterocycles. The van der Waals surface area contributed by atoms with Crippen LogP contribution >= 0.6 is 0 Å². The number of nitrogens with one attached hydrogen (secondary N) is 1. The van der Waals surface area contributed by atoms with Gasteiger partial charge in [0.2, 0.25) is 0 Å². The molecular weight excluding hydrogens is 320 g/mol. The standard InChI is InChI=1S/C23H20N2O/c1-16-11-13-18(14-12-16)22(26)21(17-7-3-2-4-8-17)25-15-19-9-5-6-10-20(19)23(25)24/h2-14,21,24H,15H2,1H3/t21-/m0/s1. The molecular formula is C23H20N2O. The molecule has 26 heavy (non-hydrogen) atoms. The SMILES string of the molecule is Cc1ccc(C(=O)[C@H](c2ccccc2)N2Cc3ccccc3C2=N)cc1. The largest absolute Gasteiger partial charge is 0.338 e.